The summed E-state index contributed by atoms with van der Waals surface area (Å²) in [5.41, 5.74) is 5.55. The van der Waals surface area contributed by atoms with Crippen LogP contribution in [0.5, 0.6) is 5.75 Å². The molecule has 1 aromatic carbocycles. The zero-order valence-electron chi connectivity index (χ0n) is 12.8. The number of Topliss-reactive ketones (excluding diaryl/α,β-unsaturated/α-hetero) is 1. The van der Waals surface area contributed by atoms with E-state index in [2.05, 4.69) is 18.2 Å². The first-order valence-corrected chi connectivity index (χ1v) is 8.08. The van der Waals surface area contributed by atoms with E-state index < -0.39 is 0 Å². The highest BCUT2D eigenvalue weighted by molar-refractivity contribution is 5.98. The number of ketones is 1. The quantitative estimate of drug-likeness (QED) is 0.777. The van der Waals surface area contributed by atoms with Crippen molar-refractivity contribution in [3.8, 4) is 5.75 Å². The van der Waals surface area contributed by atoms with E-state index in [0.717, 1.165) is 30.6 Å². The van der Waals surface area contributed by atoms with E-state index in [1.807, 2.05) is 6.92 Å². The predicted molar refractivity (Wildman–Crippen MR) is 82.6 cm³/mol. The highest BCUT2D eigenvalue weighted by Gasteiger charge is 2.44. The Hall–Kier alpha value is -1.57. The van der Waals surface area contributed by atoms with Gasteiger partial charge in [0.05, 0.1) is 7.11 Å². The van der Waals surface area contributed by atoms with Crippen LogP contribution < -0.4 is 4.74 Å². The van der Waals surface area contributed by atoms with Gasteiger partial charge in [0.15, 0.2) is 5.78 Å². The third-order valence-corrected chi connectivity index (χ3v) is 6.01. The molecule has 0 unspecified atom stereocenters. The van der Waals surface area contributed by atoms with Gasteiger partial charge >= 0.3 is 0 Å². The monoisotopic (exact) mass is 282 g/mol. The fraction of sp³-hybridized carbons (Fsp3) is 0.526. The van der Waals surface area contributed by atoms with E-state index >= 15 is 0 Å². The van der Waals surface area contributed by atoms with Gasteiger partial charge in [0.2, 0.25) is 0 Å². The average Bonchev–Trinajstić information content (AvgIpc) is 2.81. The number of hydrogen-bond acceptors (Lipinski definition) is 2. The largest absolute Gasteiger partial charge is 0.497 e. The molecule has 21 heavy (non-hydrogen) atoms. The summed E-state index contributed by atoms with van der Waals surface area (Å²) >= 11 is 0. The highest BCUT2D eigenvalue weighted by Crippen LogP contribution is 2.54. The lowest BCUT2D eigenvalue weighted by atomic mass is 9.62. The molecule has 1 saturated carbocycles. The minimum Gasteiger partial charge on any atom is -0.497 e. The number of carbonyl (C=O) groups is 1. The van der Waals surface area contributed by atoms with Gasteiger partial charge < -0.3 is 4.74 Å². The summed E-state index contributed by atoms with van der Waals surface area (Å²) in [7, 11) is 1.73. The average molecular weight is 282 g/mol. The van der Waals surface area contributed by atoms with Crippen molar-refractivity contribution < 1.29 is 9.53 Å². The number of aryl methyl sites for hydroxylation is 1. The molecule has 0 N–H and O–H groups in total. The number of fused-ring (bicyclic) bond motifs is 5. The second-order valence-corrected chi connectivity index (χ2v) is 6.80. The zero-order chi connectivity index (χ0) is 14.6. The van der Waals surface area contributed by atoms with Crippen LogP contribution in [-0.2, 0) is 11.2 Å². The van der Waals surface area contributed by atoms with Crippen LogP contribution in [0, 0.1) is 11.8 Å². The molecule has 0 heterocycles. The lowest BCUT2D eigenvalue weighted by Crippen LogP contribution is -2.31. The third-order valence-electron chi connectivity index (χ3n) is 6.01. The maximum Gasteiger partial charge on any atom is 0.159 e. The Morgan fingerprint density at radius 1 is 1.14 bits per heavy atom. The zero-order valence-corrected chi connectivity index (χ0v) is 12.8. The van der Waals surface area contributed by atoms with E-state index in [1.54, 1.807) is 7.11 Å². The Morgan fingerprint density at radius 2 is 2.00 bits per heavy atom. The molecular formula is C19H22O2. The van der Waals surface area contributed by atoms with Crippen LogP contribution in [0.15, 0.2) is 29.3 Å². The van der Waals surface area contributed by atoms with Crippen molar-refractivity contribution >= 4 is 5.78 Å². The Morgan fingerprint density at radius 3 is 2.81 bits per heavy atom. The van der Waals surface area contributed by atoms with Gasteiger partial charge in [-0.05, 0) is 79.2 Å². The summed E-state index contributed by atoms with van der Waals surface area (Å²) < 4.78 is 5.36. The Labute approximate surface area is 126 Å². The number of ether oxygens (including phenoxy) is 1. The molecule has 3 aliphatic carbocycles. The summed E-state index contributed by atoms with van der Waals surface area (Å²) in [5.74, 6) is 3.22. The Bertz CT molecular complexity index is 641. The second-order valence-electron chi connectivity index (χ2n) is 6.80. The Balaban J connectivity index is 1.70. The summed E-state index contributed by atoms with van der Waals surface area (Å²) in [6.45, 7) is 2.04. The second kappa shape index (κ2) is 4.72. The van der Waals surface area contributed by atoms with Crippen LogP contribution in [0.25, 0.3) is 0 Å². The fourth-order valence-corrected chi connectivity index (χ4v) is 4.92. The van der Waals surface area contributed by atoms with E-state index in [1.165, 1.54) is 29.5 Å². The van der Waals surface area contributed by atoms with E-state index in [9.17, 15) is 4.79 Å². The summed E-state index contributed by atoms with van der Waals surface area (Å²) in [5, 5.41) is 0. The predicted octanol–water partition coefficient (Wildman–Crippen LogP) is 4.04. The highest BCUT2D eigenvalue weighted by atomic mass is 16.5. The van der Waals surface area contributed by atoms with Gasteiger partial charge in [0.25, 0.3) is 0 Å². The van der Waals surface area contributed by atoms with Gasteiger partial charge in [-0.3, -0.25) is 4.79 Å². The first-order chi connectivity index (χ1) is 10.2. The molecule has 0 amide bonds. The van der Waals surface area contributed by atoms with Gasteiger partial charge in [0.1, 0.15) is 5.75 Å². The molecule has 4 rings (SSSR count). The maximum absolute atomic E-state index is 12.1. The van der Waals surface area contributed by atoms with Gasteiger partial charge in [-0.15, -0.1) is 0 Å². The van der Waals surface area contributed by atoms with E-state index in [0.29, 0.717) is 23.5 Å². The molecule has 0 aliphatic heterocycles. The van der Waals surface area contributed by atoms with Gasteiger partial charge in [-0.1, -0.05) is 11.6 Å². The molecular weight excluding hydrogens is 260 g/mol. The minimum absolute atomic E-state index is 0.399. The summed E-state index contributed by atoms with van der Waals surface area (Å²) in [6.07, 6.45) is 5.45. The molecule has 0 aromatic heterocycles. The standard InChI is InChI=1S/C19H22O2/c1-11-14-7-8-16-15-6-4-13(21-2)9-12(15)3-5-17(16)18(14)10-19(11)20/h4,6,9,16-18H,3,5,7-8,10H2,1-2H3/t16-,17-,18-/m1/s1. The van der Waals surface area contributed by atoms with Crippen molar-refractivity contribution in [2.45, 2.75) is 44.9 Å². The lowest BCUT2D eigenvalue weighted by Gasteiger charge is -2.42. The molecule has 110 valence electrons. The molecule has 2 nitrogen and oxygen atoms in total. The molecule has 0 saturated heterocycles. The molecule has 2 heteroatoms. The van der Waals surface area contributed by atoms with Crippen LogP contribution in [0.3, 0.4) is 0 Å². The molecule has 3 atom stereocenters. The molecule has 0 bridgehead atoms. The fourth-order valence-electron chi connectivity index (χ4n) is 4.92. The SMILES string of the molecule is COc1ccc2c(c1)CC[C@H]1[C@@H]3CC(=O)C(C)=C3CC[C@H]21. The van der Waals surface area contributed by atoms with Crippen LogP contribution in [0.1, 0.15) is 49.7 Å². The number of allylic oxidation sites excluding steroid dienone is 2. The van der Waals surface area contributed by atoms with E-state index in [4.69, 9.17) is 4.74 Å². The third kappa shape index (κ3) is 1.88. The molecule has 0 radical (unpaired) electrons. The van der Waals surface area contributed by atoms with Gasteiger partial charge in [-0.25, -0.2) is 0 Å². The van der Waals surface area contributed by atoms with Crippen molar-refractivity contribution in [3.63, 3.8) is 0 Å². The number of carbonyl (C=O) groups excluding carboxylic acids is 1. The normalized spacial score (nSPS) is 30.8. The van der Waals surface area contributed by atoms with Crippen molar-refractivity contribution in [2.75, 3.05) is 7.11 Å². The lowest BCUT2D eigenvalue weighted by molar-refractivity contribution is -0.115. The van der Waals surface area contributed by atoms with Crippen LogP contribution >= 0.6 is 0 Å². The topological polar surface area (TPSA) is 26.3 Å². The van der Waals surface area contributed by atoms with Gasteiger partial charge in [0, 0.05) is 6.42 Å². The first kappa shape index (κ1) is 13.1. The van der Waals surface area contributed by atoms with Crippen molar-refractivity contribution in [3.05, 3.63) is 40.5 Å². The van der Waals surface area contributed by atoms with Crippen LogP contribution in [0.2, 0.25) is 0 Å². The molecule has 0 spiro atoms. The Kier molecular flexibility index (Phi) is 2.95. The van der Waals surface area contributed by atoms with Crippen LogP contribution in [0.4, 0.5) is 0 Å². The van der Waals surface area contributed by atoms with Crippen LogP contribution in [-0.4, -0.2) is 12.9 Å². The summed E-state index contributed by atoms with van der Waals surface area (Å²) in [6, 6.07) is 6.57. The smallest absolute Gasteiger partial charge is 0.159 e. The maximum atomic E-state index is 12.1. The number of methoxy groups -OCH3 is 1. The van der Waals surface area contributed by atoms with Crippen molar-refractivity contribution in [1.82, 2.24) is 0 Å². The van der Waals surface area contributed by atoms with Gasteiger partial charge in [-0.2, -0.15) is 0 Å². The summed E-state index contributed by atoms with van der Waals surface area (Å²) in [4.78, 5) is 12.1. The van der Waals surface area contributed by atoms with E-state index in [-0.39, 0.29) is 0 Å². The molecule has 1 aromatic rings. The molecule has 1 fully saturated rings. The minimum atomic E-state index is 0.399. The number of benzene rings is 1. The molecule has 3 aliphatic rings. The first-order valence-electron chi connectivity index (χ1n) is 8.08. The number of hydrogen-bond donors (Lipinski definition) is 0. The van der Waals surface area contributed by atoms with Crippen molar-refractivity contribution in [1.29, 1.82) is 0 Å². The number of rotatable bonds is 1. The van der Waals surface area contributed by atoms with Crippen molar-refractivity contribution in [2.24, 2.45) is 11.8 Å².